The molecule has 3 N–H and O–H groups in total. The molecule has 0 saturated carbocycles. The number of hydrogen-bond acceptors (Lipinski definition) is 5. The van der Waals surface area contributed by atoms with Crippen LogP contribution in [0.4, 0.5) is 0 Å². The van der Waals surface area contributed by atoms with Gasteiger partial charge >= 0.3 is 0 Å². The molecular formula is C9H16N2O2S. The summed E-state index contributed by atoms with van der Waals surface area (Å²) in [4.78, 5) is 4.27. The summed E-state index contributed by atoms with van der Waals surface area (Å²) in [6.07, 6.45) is 0. The standard InChI is InChI=1S/C9H16N2O2S/c1-7-11-8(4-14-7)3-10-5-9(2,13)6-12/h4,10,12-13H,3,5-6H2,1-2H3. The molecule has 0 fully saturated rings. The number of aromatic nitrogens is 1. The highest BCUT2D eigenvalue weighted by Gasteiger charge is 2.17. The first kappa shape index (κ1) is 11.6. The van der Waals surface area contributed by atoms with E-state index in [9.17, 15) is 5.11 Å². The molecule has 0 amide bonds. The molecule has 0 saturated heterocycles. The third-order valence-electron chi connectivity index (χ3n) is 1.82. The largest absolute Gasteiger partial charge is 0.393 e. The fraction of sp³-hybridized carbons (Fsp3) is 0.667. The quantitative estimate of drug-likeness (QED) is 0.661. The highest BCUT2D eigenvalue weighted by Crippen LogP contribution is 2.07. The van der Waals surface area contributed by atoms with Gasteiger partial charge in [0.05, 0.1) is 22.9 Å². The van der Waals surface area contributed by atoms with Crippen LogP contribution in [-0.4, -0.2) is 33.9 Å². The van der Waals surface area contributed by atoms with E-state index in [1.165, 1.54) is 0 Å². The molecule has 0 aromatic carbocycles. The molecule has 0 aliphatic heterocycles. The lowest BCUT2D eigenvalue weighted by atomic mass is 10.1. The van der Waals surface area contributed by atoms with Crippen LogP contribution in [0.1, 0.15) is 17.6 Å². The second-order valence-electron chi connectivity index (χ2n) is 3.62. The number of aliphatic hydroxyl groups excluding tert-OH is 1. The van der Waals surface area contributed by atoms with Crippen molar-refractivity contribution >= 4 is 11.3 Å². The predicted octanol–water partition coefficient (Wildman–Crippen LogP) is 0.284. The van der Waals surface area contributed by atoms with Gasteiger partial charge in [-0.05, 0) is 13.8 Å². The Hall–Kier alpha value is -0.490. The summed E-state index contributed by atoms with van der Waals surface area (Å²) in [6, 6.07) is 0. The Morgan fingerprint density at radius 2 is 2.36 bits per heavy atom. The SMILES string of the molecule is Cc1nc(CNCC(C)(O)CO)cs1. The van der Waals surface area contributed by atoms with Crippen LogP contribution in [-0.2, 0) is 6.54 Å². The van der Waals surface area contributed by atoms with E-state index in [0.29, 0.717) is 13.1 Å². The van der Waals surface area contributed by atoms with E-state index in [4.69, 9.17) is 5.11 Å². The third-order valence-corrected chi connectivity index (χ3v) is 2.64. The second-order valence-corrected chi connectivity index (χ2v) is 4.68. The monoisotopic (exact) mass is 216 g/mol. The lowest BCUT2D eigenvalue weighted by molar-refractivity contribution is 0.00249. The maximum absolute atomic E-state index is 9.48. The van der Waals surface area contributed by atoms with Crippen LogP contribution in [0.3, 0.4) is 0 Å². The number of hydrogen-bond donors (Lipinski definition) is 3. The van der Waals surface area contributed by atoms with Gasteiger partial charge in [0.25, 0.3) is 0 Å². The number of rotatable bonds is 5. The summed E-state index contributed by atoms with van der Waals surface area (Å²) in [6.45, 7) is 4.29. The minimum absolute atomic E-state index is 0.240. The minimum atomic E-state index is -1.05. The summed E-state index contributed by atoms with van der Waals surface area (Å²) in [7, 11) is 0. The van der Waals surface area contributed by atoms with E-state index in [-0.39, 0.29) is 6.61 Å². The van der Waals surface area contributed by atoms with Crippen LogP contribution in [0.15, 0.2) is 5.38 Å². The van der Waals surface area contributed by atoms with Crippen molar-refractivity contribution in [2.24, 2.45) is 0 Å². The molecule has 0 aliphatic rings. The maximum Gasteiger partial charge on any atom is 0.0972 e. The Bertz CT molecular complexity index is 286. The fourth-order valence-corrected chi connectivity index (χ4v) is 1.62. The van der Waals surface area contributed by atoms with Crippen molar-refractivity contribution in [1.29, 1.82) is 0 Å². The molecule has 1 aromatic heterocycles. The molecule has 5 heteroatoms. The summed E-state index contributed by atoms with van der Waals surface area (Å²) in [5, 5.41) is 24.3. The highest BCUT2D eigenvalue weighted by molar-refractivity contribution is 7.09. The lowest BCUT2D eigenvalue weighted by Gasteiger charge is -2.20. The molecule has 0 radical (unpaired) electrons. The van der Waals surface area contributed by atoms with Crippen LogP contribution < -0.4 is 5.32 Å². The van der Waals surface area contributed by atoms with Gasteiger partial charge in [-0.3, -0.25) is 0 Å². The molecule has 1 unspecified atom stereocenters. The molecule has 0 bridgehead atoms. The van der Waals surface area contributed by atoms with Crippen LogP contribution in [0.2, 0.25) is 0 Å². The average Bonchev–Trinajstić information content (AvgIpc) is 2.51. The lowest BCUT2D eigenvalue weighted by Crippen LogP contribution is -2.40. The predicted molar refractivity (Wildman–Crippen MR) is 56.3 cm³/mol. The Morgan fingerprint density at radius 3 is 2.86 bits per heavy atom. The van der Waals surface area contributed by atoms with Gasteiger partial charge in [-0.1, -0.05) is 0 Å². The molecule has 14 heavy (non-hydrogen) atoms. The van der Waals surface area contributed by atoms with Crippen molar-refractivity contribution in [3.8, 4) is 0 Å². The Morgan fingerprint density at radius 1 is 1.64 bits per heavy atom. The third kappa shape index (κ3) is 3.71. The van der Waals surface area contributed by atoms with Gasteiger partial charge in [-0.2, -0.15) is 0 Å². The number of nitrogens with zero attached hydrogens (tertiary/aromatic N) is 1. The number of thiazole rings is 1. The van der Waals surface area contributed by atoms with E-state index in [1.807, 2.05) is 12.3 Å². The summed E-state index contributed by atoms with van der Waals surface area (Å²) >= 11 is 1.61. The molecule has 1 atom stereocenters. The number of aryl methyl sites for hydroxylation is 1. The normalized spacial score (nSPS) is 15.4. The summed E-state index contributed by atoms with van der Waals surface area (Å²) < 4.78 is 0. The number of nitrogens with one attached hydrogen (secondary N) is 1. The van der Waals surface area contributed by atoms with E-state index in [2.05, 4.69) is 10.3 Å². The first-order chi connectivity index (χ1) is 6.53. The minimum Gasteiger partial charge on any atom is -0.393 e. The van der Waals surface area contributed by atoms with Gasteiger partial charge in [0.2, 0.25) is 0 Å². The van der Waals surface area contributed by atoms with Crippen LogP contribution in [0.25, 0.3) is 0 Å². The zero-order valence-electron chi connectivity index (χ0n) is 8.45. The zero-order chi connectivity index (χ0) is 10.6. The van der Waals surface area contributed by atoms with Crippen molar-refractivity contribution in [3.63, 3.8) is 0 Å². The van der Waals surface area contributed by atoms with Gasteiger partial charge in [-0.15, -0.1) is 11.3 Å². The van der Waals surface area contributed by atoms with Gasteiger partial charge < -0.3 is 15.5 Å². The molecule has 80 valence electrons. The van der Waals surface area contributed by atoms with Crippen molar-refractivity contribution < 1.29 is 10.2 Å². The molecule has 4 nitrogen and oxygen atoms in total. The van der Waals surface area contributed by atoms with Crippen molar-refractivity contribution in [1.82, 2.24) is 10.3 Å². The molecular weight excluding hydrogens is 200 g/mol. The van der Waals surface area contributed by atoms with E-state index in [1.54, 1.807) is 18.3 Å². The van der Waals surface area contributed by atoms with Crippen molar-refractivity contribution in [2.75, 3.05) is 13.2 Å². The fourth-order valence-electron chi connectivity index (χ4n) is 1.01. The van der Waals surface area contributed by atoms with Crippen LogP contribution in [0, 0.1) is 6.92 Å². The van der Waals surface area contributed by atoms with Crippen molar-refractivity contribution in [3.05, 3.63) is 16.1 Å². The molecule has 1 rings (SSSR count). The Balaban J connectivity index is 2.28. The van der Waals surface area contributed by atoms with Gasteiger partial charge in [-0.25, -0.2) is 4.98 Å². The van der Waals surface area contributed by atoms with Crippen molar-refractivity contribution in [2.45, 2.75) is 26.0 Å². The Kier molecular flexibility index (Phi) is 4.00. The highest BCUT2D eigenvalue weighted by atomic mass is 32.1. The zero-order valence-corrected chi connectivity index (χ0v) is 9.27. The number of aliphatic hydroxyl groups is 2. The smallest absolute Gasteiger partial charge is 0.0972 e. The Labute approximate surface area is 87.6 Å². The molecule has 0 spiro atoms. The maximum atomic E-state index is 9.48. The van der Waals surface area contributed by atoms with Gasteiger partial charge in [0, 0.05) is 18.5 Å². The second kappa shape index (κ2) is 4.84. The van der Waals surface area contributed by atoms with Crippen LogP contribution >= 0.6 is 11.3 Å². The van der Waals surface area contributed by atoms with Gasteiger partial charge in [0.1, 0.15) is 0 Å². The first-order valence-corrected chi connectivity index (χ1v) is 5.36. The topological polar surface area (TPSA) is 65.4 Å². The van der Waals surface area contributed by atoms with E-state index >= 15 is 0 Å². The summed E-state index contributed by atoms with van der Waals surface area (Å²) in [5.74, 6) is 0. The molecule has 1 heterocycles. The summed E-state index contributed by atoms with van der Waals surface area (Å²) in [5.41, 5.74) is -0.0772. The molecule has 0 aliphatic carbocycles. The average molecular weight is 216 g/mol. The van der Waals surface area contributed by atoms with Gasteiger partial charge in [0.15, 0.2) is 0 Å². The molecule has 1 aromatic rings. The van der Waals surface area contributed by atoms with E-state index in [0.717, 1.165) is 10.7 Å². The van der Waals surface area contributed by atoms with Crippen LogP contribution in [0.5, 0.6) is 0 Å². The first-order valence-electron chi connectivity index (χ1n) is 4.48. The van der Waals surface area contributed by atoms with E-state index < -0.39 is 5.60 Å².